The van der Waals surface area contributed by atoms with Crippen molar-refractivity contribution in [3.8, 4) is 5.75 Å². The van der Waals surface area contributed by atoms with Crippen LogP contribution in [0.5, 0.6) is 5.75 Å². The molecule has 8 rings (SSSR count). The number of amides is 2. The normalized spacial score (nSPS) is 24.5. The van der Waals surface area contributed by atoms with Gasteiger partial charge in [0.25, 0.3) is 0 Å². The number of aliphatic hydroxyl groups excluding tert-OH is 1. The van der Waals surface area contributed by atoms with Crippen molar-refractivity contribution < 1.29 is 29.5 Å². The van der Waals surface area contributed by atoms with Crippen molar-refractivity contribution in [3.05, 3.63) is 125 Å². The van der Waals surface area contributed by atoms with E-state index in [0.29, 0.717) is 19.3 Å². The standard InChI is InChI=1S/C43H45BN2O6/c47-27-32-24-36-41(43(50)46(42(36)49)33-19-21-45(22-20-33)26-28-9-3-1-4-10-28)37-25-44(51)52-39(40(32)37)18-16-30(29-11-5-2-6-12-29)23-31-15-17-38(48)35-14-8-7-13-34(31)35/h1-15,17,23,33,36-37,39,41,47-48,51H,16,18-22,24-27H2/b30-23-/t36-,37+,39-,41-/m1/s1. The van der Waals surface area contributed by atoms with Gasteiger partial charge in [-0.25, -0.2) is 0 Å². The van der Waals surface area contributed by atoms with Gasteiger partial charge < -0.3 is 19.9 Å². The lowest BCUT2D eigenvalue weighted by molar-refractivity contribution is -0.144. The van der Waals surface area contributed by atoms with E-state index in [0.717, 1.165) is 71.1 Å². The molecule has 0 bridgehead atoms. The average Bonchev–Trinajstić information content (AvgIpc) is 3.43. The van der Waals surface area contributed by atoms with Crippen LogP contribution in [0.4, 0.5) is 0 Å². The van der Waals surface area contributed by atoms with Gasteiger partial charge in [0.15, 0.2) is 0 Å². The summed E-state index contributed by atoms with van der Waals surface area (Å²) in [5.74, 6) is -1.49. The van der Waals surface area contributed by atoms with Gasteiger partial charge in [-0.05, 0) is 89.2 Å². The zero-order valence-corrected chi connectivity index (χ0v) is 29.3. The predicted molar refractivity (Wildman–Crippen MR) is 203 cm³/mol. The minimum absolute atomic E-state index is 0.130. The first-order valence-electron chi connectivity index (χ1n) is 18.7. The Balaban J connectivity index is 1.03. The van der Waals surface area contributed by atoms with E-state index in [1.807, 2.05) is 66.7 Å². The molecule has 4 aromatic rings. The van der Waals surface area contributed by atoms with E-state index in [-0.39, 0.29) is 42.5 Å². The van der Waals surface area contributed by atoms with E-state index in [1.165, 1.54) is 5.56 Å². The molecule has 3 heterocycles. The molecule has 1 aliphatic carbocycles. The smallest absolute Gasteiger partial charge is 0.455 e. The number of phenolic OH excluding ortho intramolecular Hbond substituents is 1. The molecular formula is C43H45BN2O6. The van der Waals surface area contributed by atoms with Gasteiger partial charge in [-0.3, -0.25) is 19.4 Å². The summed E-state index contributed by atoms with van der Waals surface area (Å²) in [6.07, 6.45) is 4.78. The van der Waals surface area contributed by atoms with Crippen molar-refractivity contribution in [2.24, 2.45) is 17.8 Å². The molecule has 3 fully saturated rings. The molecule has 9 heteroatoms. The molecule has 3 aliphatic heterocycles. The fourth-order valence-corrected chi connectivity index (χ4v) is 9.33. The number of aromatic hydroxyl groups is 1. The third kappa shape index (κ3) is 6.63. The van der Waals surface area contributed by atoms with Gasteiger partial charge in [-0.2, -0.15) is 0 Å². The number of phenols is 1. The van der Waals surface area contributed by atoms with Crippen LogP contribution in [0.15, 0.2) is 108 Å². The Hall–Kier alpha value is -4.54. The van der Waals surface area contributed by atoms with Gasteiger partial charge in [0.1, 0.15) is 5.75 Å². The summed E-state index contributed by atoms with van der Waals surface area (Å²) in [5, 5.41) is 34.1. The molecule has 4 aliphatic rings. The van der Waals surface area contributed by atoms with Crippen molar-refractivity contribution in [1.29, 1.82) is 0 Å². The molecule has 0 spiro atoms. The number of nitrogens with zero attached hydrogens (tertiary/aromatic N) is 2. The number of benzene rings is 4. The summed E-state index contributed by atoms with van der Waals surface area (Å²) >= 11 is 0. The number of likely N-dealkylation sites (tertiary alicyclic amines) is 2. The second-order valence-corrected chi connectivity index (χ2v) is 14.8. The third-order valence-corrected chi connectivity index (χ3v) is 11.8. The number of carbonyl (C=O) groups excluding carboxylic acids is 2. The summed E-state index contributed by atoms with van der Waals surface area (Å²) < 4.78 is 6.24. The van der Waals surface area contributed by atoms with Crippen LogP contribution in [0.25, 0.3) is 22.4 Å². The Morgan fingerprint density at radius 3 is 2.27 bits per heavy atom. The van der Waals surface area contributed by atoms with Gasteiger partial charge in [0, 0.05) is 31.1 Å². The number of carbonyl (C=O) groups is 2. The molecule has 52 heavy (non-hydrogen) atoms. The molecule has 0 unspecified atom stereocenters. The second kappa shape index (κ2) is 14.8. The molecular weight excluding hydrogens is 651 g/mol. The summed E-state index contributed by atoms with van der Waals surface area (Å²) in [4.78, 5) is 32.3. The van der Waals surface area contributed by atoms with Gasteiger partial charge in [0.05, 0.1) is 24.5 Å². The van der Waals surface area contributed by atoms with Crippen molar-refractivity contribution in [2.45, 2.75) is 57.1 Å². The maximum absolute atomic E-state index is 14.3. The highest BCUT2D eigenvalue weighted by molar-refractivity contribution is 6.43. The number of allylic oxidation sites excluding steroid dienone is 1. The van der Waals surface area contributed by atoms with Gasteiger partial charge >= 0.3 is 7.12 Å². The number of hydrogen-bond acceptors (Lipinski definition) is 7. The van der Waals surface area contributed by atoms with E-state index >= 15 is 0 Å². The predicted octanol–water partition coefficient (Wildman–Crippen LogP) is 6.32. The monoisotopic (exact) mass is 696 g/mol. The zero-order chi connectivity index (χ0) is 35.8. The van der Waals surface area contributed by atoms with E-state index in [9.17, 15) is 24.8 Å². The summed E-state index contributed by atoms with van der Waals surface area (Å²) in [5.41, 5.74) is 5.99. The van der Waals surface area contributed by atoms with E-state index in [4.69, 9.17) is 4.65 Å². The lowest BCUT2D eigenvalue weighted by atomic mass is 9.58. The van der Waals surface area contributed by atoms with E-state index in [1.54, 1.807) is 11.0 Å². The molecule has 0 saturated carbocycles. The van der Waals surface area contributed by atoms with E-state index < -0.39 is 25.1 Å². The van der Waals surface area contributed by atoms with Crippen LogP contribution in [0.1, 0.15) is 48.8 Å². The Bertz CT molecular complexity index is 2010. The lowest BCUT2D eigenvalue weighted by Crippen LogP contribution is -2.48. The Labute approximate surface area is 305 Å². The number of piperidine rings is 1. The SMILES string of the molecule is O=C1[C@@H]2[C@@H](CC(CO)=C3[C@@H](CC/C(=C/c4ccc(O)c5ccccc45)c4ccccc4)OB(O)C[C@@H]32)C(=O)N1C1CCN(Cc2ccccc2)CC1. The molecule has 266 valence electrons. The van der Waals surface area contributed by atoms with Gasteiger partial charge in [-0.1, -0.05) is 97.1 Å². The molecule has 3 N–H and O–H groups in total. The molecule has 3 saturated heterocycles. The number of rotatable bonds is 9. The highest BCUT2D eigenvalue weighted by Crippen LogP contribution is 2.51. The quantitative estimate of drug-likeness (QED) is 0.0814. The summed E-state index contributed by atoms with van der Waals surface area (Å²) in [6.45, 7) is 2.26. The number of fused-ring (bicyclic) bond motifs is 4. The van der Waals surface area contributed by atoms with Crippen LogP contribution in [-0.4, -0.2) is 75.8 Å². The summed E-state index contributed by atoms with van der Waals surface area (Å²) in [7, 11) is -1.08. The second-order valence-electron chi connectivity index (χ2n) is 14.8. The van der Waals surface area contributed by atoms with Crippen LogP contribution in [0.2, 0.25) is 6.32 Å². The van der Waals surface area contributed by atoms with Crippen molar-refractivity contribution in [1.82, 2.24) is 9.80 Å². The fraction of sp³-hybridized carbons (Fsp3) is 0.349. The minimum atomic E-state index is -1.08. The van der Waals surface area contributed by atoms with Crippen LogP contribution in [0.3, 0.4) is 0 Å². The van der Waals surface area contributed by atoms with Gasteiger partial charge in [0.2, 0.25) is 11.8 Å². The Morgan fingerprint density at radius 1 is 0.846 bits per heavy atom. The maximum Gasteiger partial charge on any atom is 0.455 e. The molecule has 2 amide bonds. The third-order valence-electron chi connectivity index (χ3n) is 11.8. The van der Waals surface area contributed by atoms with Gasteiger partial charge in [-0.15, -0.1) is 0 Å². The minimum Gasteiger partial charge on any atom is -0.507 e. The van der Waals surface area contributed by atoms with Crippen molar-refractivity contribution >= 4 is 41.4 Å². The largest absolute Gasteiger partial charge is 0.507 e. The summed E-state index contributed by atoms with van der Waals surface area (Å²) in [6, 6.07) is 31.8. The van der Waals surface area contributed by atoms with Crippen molar-refractivity contribution in [3.63, 3.8) is 0 Å². The molecule has 8 nitrogen and oxygen atoms in total. The lowest BCUT2D eigenvalue weighted by Gasteiger charge is -2.43. The maximum atomic E-state index is 14.3. The highest BCUT2D eigenvalue weighted by Gasteiger charge is 2.58. The highest BCUT2D eigenvalue weighted by atomic mass is 16.5. The molecule has 4 atom stereocenters. The van der Waals surface area contributed by atoms with Crippen LogP contribution in [0, 0.1) is 17.8 Å². The van der Waals surface area contributed by atoms with Crippen LogP contribution in [-0.2, 0) is 20.8 Å². The first kappa shape index (κ1) is 34.5. The number of aliphatic hydroxyl groups is 1. The Kier molecular flexibility index (Phi) is 9.85. The topological polar surface area (TPSA) is 111 Å². The first-order chi connectivity index (χ1) is 25.4. The zero-order valence-electron chi connectivity index (χ0n) is 29.3. The Morgan fingerprint density at radius 2 is 1.54 bits per heavy atom. The average molecular weight is 697 g/mol. The fourth-order valence-electron chi connectivity index (χ4n) is 9.33. The van der Waals surface area contributed by atoms with Crippen molar-refractivity contribution in [2.75, 3.05) is 19.7 Å². The first-order valence-corrected chi connectivity index (χ1v) is 18.7. The molecule has 4 aromatic carbocycles. The number of imide groups is 1. The van der Waals surface area contributed by atoms with Crippen LogP contribution < -0.4 is 0 Å². The molecule has 0 radical (unpaired) electrons. The molecule has 0 aromatic heterocycles. The van der Waals surface area contributed by atoms with Crippen LogP contribution >= 0.6 is 0 Å². The van der Waals surface area contributed by atoms with E-state index in [2.05, 4.69) is 35.2 Å². The number of hydrogen-bond donors (Lipinski definition) is 3.